The van der Waals surface area contributed by atoms with E-state index >= 15 is 0 Å². The van der Waals surface area contributed by atoms with Crippen LogP contribution in [0.15, 0.2) is 55.0 Å². The van der Waals surface area contributed by atoms with Crippen LogP contribution in [0.2, 0.25) is 0 Å². The summed E-state index contributed by atoms with van der Waals surface area (Å²) >= 11 is 0. The largest absolute Gasteiger partial charge is 0.299 e. The lowest BCUT2D eigenvalue weighted by atomic mass is 10.0. The summed E-state index contributed by atoms with van der Waals surface area (Å²) in [6, 6.07) is 11.1. The Morgan fingerprint density at radius 3 is 2.76 bits per heavy atom. The molecule has 4 rings (SSSR count). The molecular formula is C19H20FN5. The van der Waals surface area contributed by atoms with E-state index in [1.165, 1.54) is 6.07 Å². The predicted molar refractivity (Wildman–Crippen MR) is 93.2 cm³/mol. The normalized spacial score (nSPS) is 16.2. The van der Waals surface area contributed by atoms with Crippen LogP contribution in [-0.2, 0) is 6.54 Å². The van der Waals surface area contributed by atoms with Gasteiger partial charge in [-0.15, -0.1) is 5.10 Å². The van der Waals surface area contributed by atoms with Crippen molar-refractivity contribution in [1.82, 2.24) is 24.9 Å². The van der Waals surface area contributed by atoms with Gasteiger partial charge in [0.1, 0.15) is 11.5 Å². The van der Waals surface area contributed by atoms with Crippen LogP contribution in [0.3, 0.4) is 0 Å². The molecule has 0 aliphatic carbocycles. The molecule has 0 atom stereocenters. The maximum Gasteiger partial charge on any atom is 0.123 e. The van der Waals surface area contributed by atoms with Crippen LogP contribution in [-0.4, -0.2) is 38.0 Å². The molecule has 1 saturated heterocycles. The van der Waals surface area contributed by atoms with Crippen molar-refractivity contribution >= 4 is 0 Å². The number of pyridine rings is 1. The number of rotatable bonds is 4. The first-order chi connectivity index (χ1) is 12.3. The van der Waals surface area contributed by atoms with Gasteiger partial charge in [0.05, 0.1) is 12.2 Å². The number of aromatic nitrogens is 4. The molecule has 1 aliphatic heterocycles. The first kappa shape index (κ1) is 15.9. The van der Waals surface area contributed by atoms with E-state index in [2.05, 4.69) is 20.2 Å². The first-order valence-corrected chi connectivity index (χ1v) is 8.57. The summed E-state index contributed by atoms with van der Waals surface area (Å²) < 4.78 is 15.3. The Kier molecular flexibility index (Phi) is 4.52. The second-order valence-electron chi connectivity index (χ2n) is 6.46. The second kappa shape index (κ2) is 7.11. The highest BCUT2D eigenvalue weighted by Gasteiger charge is 2.22. The molecule has 1 aliphatic rings. The van der Waals surface area contributed by atoms with Crippen molar-refractivity contribution in [2.75, 3.05) is 13.1 Å². The van der Waals surface area contributed by atoms with E-state index < -0.39 is 0 Å². The van der Waals surface area contributed by atoms with E-state index in [0.717, 1.165) is 49.3 Å². The van der Waals surface area contributed by atoms with Crippen molar-refractivity contribution in [3.8, 4) is 11.3 Å². The van der Waals surface area contributed by atoms with Gasteiger partial charge >= 0.3 is 0 Å². The fraction of sp³-hybridized carbons (Fsp3) is 0.316. The monoisotopic (exact) mass is 337 g/mol. The molecule has 3 aromatic rings. The number of hydrogen-bond donors (Lipinski definition) is 0. The zero-order valence-corrected chi connectivity index (χ0v) is 13.9. The van der Waals surface area contributed by atoms with Crippen LogP contribution in [0.1, 0.15) is 24.4 Å². The number of likely N-dealkylation sites (tertiary alicyclic amines) is 1. The van der Waals surface area contributed by atoms with Gasteiger partial charge in [0, 0.05) is 37.6 Å². The first-order valence-electron chi connectivity index (χ1n) is 8.57. The third-order valence-electron chi connectivity index (χ3n) is 4.69. The van der Waals surface area contributed by atoms with Gasteiger partial charge < -0.3 is 0 Å². The number of piperidine rings is 1. The smallest absolute Gasteiger partial charge is 0.123 e. The lowest BCUT2D eigenvalue weighted by molar-refractivity contribution is 0.172. The van der Waals surface area contributed by atoms with Crippen LogP contribution >= 0.6 is 0 Å². The van der Waals surface area contributed by atoms with E-state index in [1.54, 1.807) is 24.5 Å². The summed E-state index contributed by atoms with van der Waals surface area (Å²) in [6.07, 6.45) is 7.60. The second-order valence-corrected chi connectivity index (χ2v) is 6.46. The summed E-state index contributed by atoms with van der Waals surface area (Å²) in [5, 5.41) is 8.58. The third kappa shape index (κ3) is 3.74. The van der Waals surface area contributed by atoms with Crippen LogP contribution in [0.25, 0.3) is 11.3 Å². The molecule has 5 nitrogen and oxygen atoms in total. The fourth-order valence-corrected chi connectivity index (χ4v) is 3.34. The van der Waals surface area contributed by atoms with Gasteiger partial charge in [-0.05, 0) is 42.7 Å². The van der Waals surface area contributed by atoms with Crippen LogP contribution in [0, 0.1) is 5.82 Å². The van der Waals surface area contributed by atoms with E-state index in [4.69, 9.17) is 0 Å². The summed E-state index contributed by atoms with van der Waals surface area (Å²) in [5.41, 5.74) is 2.87. The van der Waals surface area contributed by atoms with Crippen molar-refractivity contribution in [2.45, 2.75) is 25.4 Å². The van der Waals surface area contributed by atoms with Crippen molar-refractivity contribution in [2.24, 2.45) is 0 Å². The van der Waals surface area contributed by atoms with Gasteiger partial charge in [0.25, 0.3) is 0 Å². The van der Waals surface area contributed by atoms with E-state index in [0.29, 0.717) is 6.04 Å². The topological polar surface area (TPSA) is 46.8 Å². The van der Waals surface area contributed by atoms with Gasteiger partial charge in [0.15, 0.2) is 0 Å². The Bertz CT molecular complexity index is 825. The summed E-state index contributed by atoms with van der Waals surface area (Å²) in [7, 11) is 0. The maximum absolute atomic E-state index is 13.3. The van der Waals surface area contributed by atoms with Gasteiger partial charge in [0.2, 0.25) is 0 Å². The van der Waals surface area contributed by atoms with Crippen molar-refractivity contribution < 1.29 is 4.39 Å². The van der Waals surface area contributed by atoms with Crippen LogP contribution < -0.4 is 0 Å². The fourth-order valence-electron chi connectivity index (χ4n) is 3.34. The zero-order chi connectivity index (χ0) is 17.1. The number of hydrogen-bond acceptors (Lipinski definition) is 4. The number of halogens is 1. The minimum Gasteiger partial charge on any atom is -0.299 e. The van der Waals surface area contributed by atoms with Gasteiger partial charge in [-0.3, -0.25) is 9.88 Å². The van der Waals surface area contributed by atoms with Crippen molar-refractivity contribution in [1.29, 1.82) is 0 Å². The van der Waals surface area contributed by atoms with Gasteiger partial charge in [-0.1, -0.05) is 17.3 Å². The maximum atomic E-state index is 13.3. The van der Waals surface area contributed by atoms with Gasteiger partial charge in [-0.2, -0.15) is 0 Å². The van der Waals surface area contributed by atoms with Gasteiger partial charge in [-0.25, -0.2) is 9.07 Å². The Labute approximate surface area is 146 Å². The van der Waals surface area contributed by atoms with E-state index in [1.807, 2.05) is 29.1 Å². The molecule has 0 radical (unpaired) electrons. The standard InChI is InChI=1S/C19H20FN5/c20-17-5-1-3-15(11-17)13-24-9-6-18(7-10-24)25-14-19(22-23-25)16-4-2-8-21-12-16/h1-5,8,11-12,14,18H,6-7,9-10,13H2. The molecule has 6 heteroatoms. The lowest BCUT2D eigenvalue weighted by Crippen LogP contribution is -2.34. The Morgan fingerprint density at radius 1 is 1.12 bits per heavy atom. The average molecular weight is 337 g/mol. The molecule has 0 saturated carbocycles. The highest BCUT2D eigenvalue weighted by molar-refractivity contribution is 5.55. The molecule has 0 spiro atoms. The number of benzene rings is 1. The van der Waals surface area contributed by atoms with Crippen LogP contribution in [0.5, 0.6) is 0 Å². The molecule has 1 fully saturated rings. The minimum absolute atomic E-state index is 0.169. The Morgan fingerprint density at radius 2 is 2.00 bits per heavy atom. The lowest BCUT2D eigenvalue weighted by Gasteiger charge is -2.31. The molecule has 0 N–H and O–H groups in total. The molecule has 0 unspecified atom stereocenters. The molecular weight excluding hydrogens is 317 g/mol. The summed E-state index contributed by atoms with van der Waals surface area (Å²) in [5.74, 6) is -0.169. The number of nitrogens with zero attached hydrogens (tertiary/aromatic N) is 5. The molecule has 0 amide bonds. The zero-order valence-electron chi connectivity index (χ0n) is 13.9. The minimum atomic E-state index is -0.169. The van der Waals surface area contributed by atoms with E-state index in [9.17, 15) is 4.39 Å². The van der Waals surface area contributed by atoms with E-state index in [-0.39, 0.29) is 5.82 Å². The van der Waals surface area contributed by atoms with Crippen LogP contribution in [0.4, 0.5) is 4.39 Å². The highest BCUT2D eigenvalue weighted by Crippen LogP contribution is 2.24. The third-order valence-corrected chi connectivity index (χ3v) is 4.69. The molecule has 0 bridgehead atoms. The average Bonchev–Trinajstić information content (AvgIpc) is 3.13. The quantitative estimate of drug-likeness (QED) is 0.733. The van der Waals surface area contributed by atoms with Crippen molar-refractivity contribution in [3.63, 3.8) is 0 Å². The Balaban J connectivity index is 1.37. The highest BCUT2D eigenvalue weighted by atomic mass is 19.1. The molecule has 128 valence electrons. The Hall–Kier alpha value is -2.60. The molecule has 1 aromatic carbocycles. The summed E-state index contributed by atoms with van der Waals surface area (Å²) in [6.45, 7) is 2.75. The molecule has 25 heavy (non-hydrogen) atoms. The predicted octanol–water partition coefficient (Wildman–Crippen LogP) is 3.32. The molecule has 2 aromatic heterocycles. The van der Waals surface area contributed by atoms with Crippen molar-refractivity contribution in [3.05, 3.63) is 66.4 Å². The molecule has 3 heterocycles. The summed E-state index contributed by atoms with van der Waals surface area (Å²) in [4.78, 5) is 6.49. The SMILES string of the molecule is Fc1cccc(CN2CCC(n3cc(-c4cccnc4)nn3)CC2)c1.